The second-order valence-corrected chi connectivity index (χ2v) is 1.66. The predicted molar refractivity (Wildman–Crippen MR) is 36.5 cm³/mol. The highest BCUT2D eigenvalue weighted by Crippen LogP contribution is 2.06. The smallest absolute Gasteiger partial charge is 0.0402 e. The molecule has 0 atom stereocenters. The third-order valence-electron chi connectivity index (χ3n) is 1.01. The van der Waals surface area contributed by atoms with Crippen molar-refractivity contribution in [3.05, 3.63) is 35.5 Å². The van der Waals surface area contributed by atoms with E-state index in [1.54, 1.807) is 24.3 Å². The summed E-state index contributed by atoms with van der Waals surface area (Å²) in [5, 5.41) is 10.7. The number of nitrogens with zero attached hydrogens (tertiary/aromatic N) is 1. The Morgan fingerprint density at radius 1 is 1.22 bits per heavy atom. The van der Waals surface area contributed by atoms with Gasteiger partial charge < -0.3 is 10.4 Å². The van der Waals surface area contributed by atoms with Crippen molar-refractivity contribution >= 4 is 5.69 Å². The molecule has 3 heteroatoms. The first-order valence-electron chi connectivity index (χ1n) is 2.58. The van der Waals surface area contributed by atoms with Crippen molar-refractivity contribution in [3.8, 4) is 0 Å². The molecular weight excluding hydrogens is 116 g/mol. The van der Waals surface area contributed by atoms with Crippen molar-refractivity contribution in [1.82, 2.24) is 0 Å². The maximum Gasteiger partial charge on any atom is 0.0402 e. The first kappa shape index (κ1) is 6.07. The standard InChI is InChI=1S/C6H7N2O/c7-8(9)6-4-2-1-3-5-6/h1-5H,7H2/q-1. The van der Waals surface area contributed by atoms with Crippen molar-refractivity contribution in [2.45, 2.75) is 0 Å². The van der Waals surface area contributed by atoms with Gasteiger partial charge in [0.1, 0.15) is 0 Å². The minimum atomic E-state index is 0.333. The summed E-state index contributed by atoms with van der Waals surface area (Å²) >= 11 is 0. The molecule has 2 N–H and O–H groups in total. The number of benzene rings is 1. The van der Waals surface area contributed by atoms with Crippen LogP contribution in [0.4, 0.5) is 5.69 Å². The van der Waals surface area contributed by atoms with E-state index in [4.69, 9.17) is 5.84 Å². The summed E-state index contributed by atoms with van der Waals surface area (Å²) in [5.74, 6) is 4.89. The number of hydrogen-bond donors (Lipinski definition) is 1. The van der Waals surface area contributed by atoms with Gasteiger partial charge in [-0.3, -0.25) is 5.84 Å². The Labute approximate surface area is 53.2 Å². The van der Waals surface area contributed by atoms with E-state index >= 15 is 0 Å². The van der Waals surface area contributed by atoms with Gasteiger partial charge in [0, 0.05) is 5.69 Å². The molecule has 0 saturated heterocycles. The SMILES string of the molecule is NN([O-])c1ccccc1. The summed E-state index contributed by atoms with van der Waals surface area (Å²) in [6.07, 6.45) is 0. The monoisotopic (exact) mass is 123 g/mol. The molecule has 0 aliphatic carbocycles. The maximum absolute atomic E-state index is 10.3. The molecule has 0 aromatic heterocycles. The lowest BCUT2D eigenvalue weighted by molar-refractivity contribution is 1.09. The number of para-hydroxylation sites is 1. The highest BCUT2D eigenvalue weighted by Gasteiger charge is 1.83. The van der Waals surface area contributed by atoms with Gasteiger partial charge in [0.25, 0.3) is 0 Å². The molecule has 0 saturated carbocycles. The van der Waals surface area contributed by atoms with Crippen LogP contribution < -0.4 is 11.0 Å². The van der Waals surface area contributed by atoms with Gasteiger partial charge >= 0.3 is 0 Å². The molecule has 48 valence electrons. The Morgan fingerprint density at radius 2 is 1.78 bits per heavy atom. The number of nitrogens with two attached hydrogens (primary N) is 1. The highest BCUT2D eigenvalue weighted by molar-refractivity contribution is 5.44. The van der Waals surface area contributed by atoms with Crippen LogP contribution in [0.5, 0.6) is 0 Å². The molecule has 0 radical (unpaired) electrons. The number of hydrazine groups is 1. The summed E-state index contributed by atoms with van der Waals surface area (Å²) < 4.78 is 0. The van der Waals surface area contributed by atoms with Crippen molar-refractivity contribution in [1.29, 1.82) is 0 Å². The van der Waals surface area contributed by atoms with Gasteiger partial charge in [0.2, 0.25) is 0 Å². The number of rotatable bonds is 1. The van der Waals surface area contributed by atoms with E-state index in [9.17, 15) is 5.21 Å². The Bertz CT molecular complexity index is 174. The van der Waals surface area contributed by atoms with Gasteiger partial charge in [-0.2, -0.15) is 0 Å². The molecule has 9 heavy (non-hydrogen) atoms. The van der Waals surface area contributed by atoms with Crippen molar-refractivity contribution in [2.75, 3.05) is 5.17 Å². The Hall–Kier alpha value is -1.06. The summed E-state index contributed by atoms with van der Waals surface area (Å²) in [5.41, 5.74) is 0.470. The zero-order valence-electron chi connectivity index (χ0n) is 4.82. The predicted octanol–water partition coefficient (Wildman–Crippen LogP) is 0.865. The fourth-order valence-electron chi connectivity index (χ4n) is 0.575. The van der Waals surface area contributed by atoms with E-state index in [1.165, 1.54) is 0 Å². The minimum Gasteiger partial charge on any atom is -0.743 e. The van der Waals surface area contributed by atoms with Crippen LogP contribution in [0.1, 0.15) is 0 Å². The molecule has 1 aromatic rings. The van der Waals surface area contributed by atoms with Gasteiger partial charge in [-0.15, -0.1) is 0 Å². The van der Waals surface area contributed by atoms with Gasteiger partial charge in [-0.05, 0) is 12.1 Å². The second-order valence-electron chi connectivity index (χ2n) is 1.66. The molecule has 1 rings (SSSR count). The van der Waals surface area contributed by atoms with Crippen molar-refractivity contribution in [3.63, 3.8) is 0 Å². The number of hydrogen-bond acceptors (Lipinski definition) is 3. The molecule has 1 aromatic carbocycles. The lowest BCUT2D eigenvalue weighted by Gasteiger charge is -2.23. The van der Waals surface area contributed by atoms with Crippen molar-refractivity contribution in [2.24, 2.45) is 5.84 Å². The Morgan fingerprint density at radius 3 is 2.11 bits per heavy atom. The first-order valence-corrected chi connectivity index (χ1v) is 2.58. The topological polar surface area (TPSA) is 52.3 Å². The first-order chi connectivity index (χ1) is 4.30. The third kappa shape index (κ3) is 1.42. The average Bonchev–Trinajstić information content (AvgIpc) is 1.90. The van der Waals surface area contributed by atoms with Crippen LogP contribution in [0.15, 0.2) is 30.3 Å². The second kappa shape index (κ2) is 2.48. The molecule has 0 spiro atoms. The zero-order valence-corrected chi connectivity index (χ0v) is 4.82. The fraction of sp³-hybridized carbons (Fsp3) is 0. The van der Waals surface area contributed by atoms with E-state index in [0.29, 0.717) is 10.9 Å². The molecule has 3 nitrogen and oxygen atoms in total. The quantitative estimate of drug-likeness (QED) is 0.445. The zero-order chi connectivity index (χ0) is 6.69. The van der Waals surface area contributed by atoms with Crippen LogP contribution in [-0.2, 0) is 0 Å². The van der Waals surface area contributed by atoms with E-state index < -0.39 is 0 Å². The average molecular weight is 123 g/mol. The van der Waals surface area contributed by atoms with Crippen LogP contribution in [0.2, 0.25) is 0 Å². The molecule has 0 aliphatic rings. The highest BCUT2D eigenvalue weighted by atomic mass is 16.5. The summed E-state index contributed by atoms with van der Waals surface area (Å²) in [4.78, 5) is 0. The Balaban J connectivity index is 2.85. The summed E-state index contributed by atoms with van der Waals surface area (Å²) in [7, 11) is 0. The third-order valence-corrected chi connectivity index (χ3v) is 1.01. The van der Waals surface area contributed by atoms with Gasteiger partial charge in [0.05, 0.1) is 0 Å². The largest absolute Gasteiger partial charge is 0.743 e. The van der Waals surface area contributed by atoms with E-state index in [-0.39, 0.29) is 0 Å². The minimum absolute atomic E-state index is 0.333. The van der Waals surface area contributed by atoms with Crippen LogP contribution in [0.25, 0.3) is 0 Å². The van der Waals surface area contributed by atoms with Gasteiger partial charge in [-0.25, -0.2) is 0 Å². The number of anilines is 1. The van der Waals surface area contributed by atoms with Crippen molar-refractivity contribution < 1.29 is 0 Å². The van der Waals surface area contributed by atoms with Crippen LogP contribution in [0, 0.1) is 5.21 Å². The maximum atomic E-state index is 10.3. The van der Waals surface area contributed by atoms with Crippen LogP contribution in [-0.4, -0.2) is 0 Å². The molecule has 0 amide bonds. The Kier molecular flexibility index (Phi) is 1.67. The van der Waals surface area contributed by atoms with E-state index in [0.717, 1.165) is 0 Å². The van der Waals surface area contributed by atoms with Gasteiger partial charge in [-0.1, -0.05) is 18.2 Å². The summed E-state index contributed by atoms with van der Waals surface area (Å²) in [6.45, 7) is 0. The lowest BCUT2D eigenvalue weighted by Crippen LogP contribution is -2.22. The van der Waals surface area contributed by atoms with E-state index in [1.807, 2.05) is 6.07 Å². The molecular formula is C6H7N2O-. The fourth-order valence-corrected chi connectivity index (χ4v) is 0.575. The molecule has 0 bridgehead atoms. The molecule has 0 fully saturated rings. The van der Waals surface area contributed by atoms with Crippen LogP contribution >= 0.6 is 0 Å². The normalized spacial score (nSPS) is 9.11. The molecule has 0 heterocycles. The summed E-state index contributed by atoms with van der Waals surface area (Å²) in [6, 6.07) is 8.63. The van der Waals surface area contributed by atoms with Gasteiger partial charge in [0.15, 0.2) is 0 Å². The molecule has 0 unspecified atom stereocenters. The lowest BCUT2D eigenvalue weighted by atomic mass is 10.3. The molecule has 0 aliphatic heterocycles. The van der Waals surface area contributed by atoms with E-state index in [2.05, 4.69) is 0 Å². The van der Waals surface area contributed by atoms with Crippen LogP contribution in [0.3, 0.4) is 0 Å².